The molecule has 2 aromatic carbocycles. The summed E-state index contributed by atoms with van der Waals surface area (Å²) in [4.78, 5) is 22.0. The minimum Gasteiger partial charge on any atom is -0.323 e. The van der Waals surface area contributed by atoms with E-state index in [-0.39, 0.29) is 11.6 Å². The molecule has 0 fully saturated rings. The molecule has 23 heavy (non-hydrogen) atoms. The number of hydrogen-bond donors (Lipinski definition) is 2. The zero-order valence-corrected chi connectivity index (χ0v) is 11.9. The van der Waals surface area contributed by atoms with Crippen molar-refractivity contribution in [3.8, 4) is 11.3 Å². The highest BCUT2D eigenvalue weighted by Gasteiger charge is 2.17. The Kier molecular flexibility index (Phi) is 3.60. The first-order valence-corrected chi connectivity index (χ1v) is 6.75. The Bertz CT molecular complexity index is 930. The number of fused-ring (bicyclic) bond motifs is 1. The van der Waals surface area contributed by atoms with Crippen LogP contribution in [0.15, 0.2) is 55.1 Å². The fourth-order valence-electron chi connectivity index (χ4n) is 2.34. The van der Waals surface area contributed by atoms with Gasteiger partial charge in [0.25, 0.3) is 5.69 Å². The average molecular weight is 308 g/mol. The predicted molar refractivity (Wildman–Crippen MR) is 87.0 cm³/mol. The molecule has 2 N–H and O–H groups in total. The third-order valence-electron chi connectivity index (χ3n) is 3.36. The summed E-state index contributed by atoms with van der Waals surface area (Å²) in [5.41, 5.74) is 2.25. The highest BCUT2D eigenvalue weighted by Crippen LogP contribution is 2.32. The monoisotopic (exact) mass is 308 g/mol. The van der Waals surface area contributed by atoms with E-state index in [9.17, 15) is 14.9 Å². The van der Waals surface area contributed by atoms with Crippen LogP contribution >= 0.6 is 0 Å². The molecule has 0 atom stereocenters. The van der Waals surface area contributed by atoms with Gasteiger partial charge in [0.1, 0.15) is 11.2 Å². The maximum absolute atomic E-state index is 11.4. The first-order valence-electron chi connectivity index (χ1n) is 6.75. The second-order valence-corrected chi connectivity index (χ2v) is 4.80. The maximum Gasteiger partial charge on any atom is 0.294 e. The summed E-state index contributed by atoms with van der Waals surface area (Å²) >= 11 is 0. The molecule has 0 spiro atoms. The minimum atomic E-state index is -0.453. The number of nitro benzene ring substituents is 1. The lowest BCUT2D eigenvalue weighted by molar-refractivity contribution is -0.383. The minimum absolute atomic E-state index is 0.0302. The van der Waals surface area contributed by atoms with Gasteiger partial charge in [-0.3, -0.25) is 20.0 Å². The van der Waals surface area contributed by atoms with Crippen molar-refractivity contribution in [2.24, 2.45) is 0 Å². The average Bonchev–Trinajstić information content (AvgIpc) is 2.98. The number of carbonyl (C=O) groups excluding carboxylic acids is 1. The molecule has 0 saturated carbocycles. The molecular formula is C16H12N4O3. The fourth-order valence-corrected chi connectivity index (χ4v) is 2.34. The van der Waals surface area contributed by atoms with Crippen molar-refractivity contribution in [2.45, 2.75) is 0 Å². The van der Waals surface area contributed by atoms with Gasteiger partial charge in [-0.2, -0.15) is 5.10 Å². The van der Waals surface area contributed by atoms with E-state index < -0.39 is 4.92 Å². The first-order chi connectivity index (χ1) is 11.1. The molecule has 3 rings (SSSR count). The number of nitrogens with zero attached hydrogens (tertiary/aromatic N) is 2. The van der Waals surface area contributed by atoms with E-state index in [0.717, 1.165) is 5.56 Å². The smallest absolute Gasteiger partial charge is 0.294 e. The summed E-state index contributed by atoms with van der Waals surface area (Å²) in [6.45, 7) is 3.40. The molecular weight excluding hydrogens is 296 g/mol. The van der Waals surface area contributed by atoms with Crippen molar-refractivity contribution in [3.63, 3.8) is 0 Å². The Morgan fingerprint density at radius 2 is 2.09 bits per heavy atom. The summed E-state index contributed by atoms with van der Waals surface area (Å²) in [5.74, 6) is -0.315. The lowest BCUT2D eigenvalue weighted by atomic mass is 10.1. The zero-order chi connectivity index (χ0) is 16.4. The number of rotatable bonds is 4. The molecule has 0 radical (unpaired) electrons. The van der Waals surface area contributed by atoms with E-state index in [1.165, 1.54) is 12.1 Å². The number of hydrogen-bond acceptors (Lipinski definition) is 4. The number of amides is 1. The van der Waals surface area contributed by atoms with Crippen LogP contribution in [0.3, 0.4) is 0 Å². The number of anilines is 1. The van der Waals surface area contributed by atoms with Crippen LogP contribution in [0.5, 0.6) is 0 Å². The molecule has 3 aromatic rings. The van der Waals surface area contributed by atoms with Crippen molar-refractivity contribution in [2.75, 3.05) is 5.32 Å². The fraction of sp³-hybridized carbons (Fsp3) is 0. The number of non-ortho nitro benzene ring substituents is 1. The highest BCUT2D eigenvalue weighted by atomic mass is 16.6. The molecule has 1 amide bonds. The molecule has 7 heteroatoms. The highest BCUT2D eigenvalue weighted by molar-refractivity contribution is 6.01. The van der Waals surface area contributed by atoms with E-state index in [4.69, 9.17) is 0 Å². The van der Waals surface area contributed by atoms with Gasteiger partial charge in [-0.05, 0) is 18.2 Å². The molecule has 0 saturated heterocycles. The second-order valence-electron chi connectivity index (χ2n) is 4.80. The van der Waals surface area contributed by atoms with E-state index in [2.05, 4.69) is 22.1 Å². The van der Waals surface area contributed by atoms with Gasteiger partial charge in [-0.1, -0.05) is 30.8 Å². The Morgan fingerprint density at radius 3 is 2.83 bits per heavy atom. The predicted octanol–water partition coefficient (Wildman–Crippen LogP) is 3.26. The second kappa shape index (κ2) is 5.72. The lowest BCUT2D eigenvalue weighted by Gasteiger charge is -2.04. The molecule has 1 heterocycles. The normalized spacial score (nSPS) is 10.4. The Labute approximate surface area is 130 Å². The summed E-state index contributed by atoms with van der Waals surface area (Å²) in [7, 11) is 0. The quantitative estimate of drug-likeness (QED) is 0.439. The van der Waals surface area contributed by atoms with Crippen LogP contribution in [0.4, 0.5) is 11.4 Å². The Balaban J connectivity index is 2.09. The molecule has 114 valence electrons. The SMILES string of the molecule is C=CC(=O)Nc1cccc(-c2n[nH]c3c([N+](=O)[O-])cccc23)c1. The Morgan fingerprint density at radius 1 is 1.30 bits per heavy atom. The van der Waals surface area contributed by atoms with Crippen LogP contribution in [-0.2, 0) is 4.79 Å². The van der Waals surface area contributed by atoms with Gasteiger partial charge in [0.2, 0.25) is 5.91 Å². The van der Waals surface area contributed by atoms with Crippen LogP contribution in [0, 0.1) is 10.1 Å². The van der Waals surface area contributed by atoms with Gasteiger partial charge < -0.3 is 5.32 Å². The summed E-state index contributed by atoms with van der Waals surface area (Å²) in [6, 6.07) is 11.9. The number of nitro groups is 1. The van der Waals surface area contributed by atoms with Gasteiger partial charge in [-0.15, -0.1) is 0 Å². The number of para-hydroxylation sites is 1. The van der Waals surface area contributed by atoms with E-state index in [1.54, 1.807) is 30.3 Å². The van der Waals surface area contributed by atoms with Crippen molar-refractivity contribution >= 4 is 28.2 Å². The van der Waals surface area contributed by atoms with Gasteiger partial charge in [0.15, 0.2) is 0 Å². The third-order valence-corrected chi connectivity index (χ3v) is 3.36. The molecule has 0 unspecified atom stereocenters. The van der Waals surface area contributed by atoms with Gasteiger partial charge in [0.05, 0.1) is 4.92 Å². The van der Waals surface area contributed by atoms with E-state index in [1.807, 2.05) is 6.07 Å². The van der Waals surface area contributed by atoms with Crippen LogP contribution in [0.2, 0.25) is 0 Å². The molecule has 7 nitrogen and oxygen atoms in total. The number of aromatic nitrogens is 2. The van der Waals surface area contributed by atoms with Gasteiger partial charge in [0, 0.05) is 22.7 Å². The van der Waals surface area contributed by atoms with Gasteiger partial charge >= 0.3 is 0 Å². The largest absolute Gasteiger partial charge is 0.323 e. The van der Waals surface area contributed by atoms with E-state index in [0.29, 0.717) is 22.3 Å². The van der Waals surface area contributed by atoms with Crippen molar-refractivity contribution in [1.29, 1.82) is 0 Å². The molecule has 1 aromatic heterocycles. The number of nitrogens with one attached hydrogen (secondary N) is 2. The number of H-pyrrole nitrogens is 1. The topological polar surface area (TPSA) is 101 Å². The standard InChI is InChI=1S/C16H12N4O3/c1-2-14(21)17-11-6-3-5-10(9-11)15-12-7-4-8-13(20(22)23)16(12)19-18-15/h2-9H,1H2,(H,17,21)(H,18,19). The van der Waals surface area contributed by atoms with Crippen LogP contribution < -0.4 is 5.32 Å². The van der Waals surface area contributed by atoms with Gasteiger partial charge in [-0.25, -0.2) is 0 Å². The van der Waals surface area contributed by atoms with Crippen LogP contribution in [-0.4, -0.2) is 21.0 Å². The lowest BCUT2D eigenvalue weighted by Crippen LogP contribution is -2.06. The maximum atomic E-state index is 11.4. The van der Waals surface area contributed by atoms with Crippen molar-refractivity contribution < 1.29 is 9.72 Å². The van der Waals surface area contributed by atoms with Crippen molar-refractivity contribution in [1.82, 2.24) is 10.2 Å². The third kappa shape index (κ3) is 2.67. The first kappa shape index (κ1) is 14.5. The number of carbonyl (C=O) groups is 1. The van der Waals surface area contributed by atoms with Crippen LogP contribution in [0.1, 0.15) is 0 Å². The van der Waals surface area contributed by atoms with E-state index >= 15 is 0 Å². The van der Waals surface area contributed by atoms with Crippen LogP contribution in [0.25, 0.3) is 22.2 Å². The molecule has 0 aliphatic carbocycles. The summed E-state index contributed by atoms with van der Waals surface area (Å²) in [5, 5.41) is 21.3. The number of benzene rings is 2. The molecule has 0 aliphatic rings. The van der Waals surface area contributed by atoms with Crippen molar-refractivity contribution in [3.05, 3.63) is 65.2 Å². The Hall–Kier alpha value is -3.48. The summed E-state index contributed by atoms with van der Waals surface area (Å²) < 4.78 is 0. The summed E-state index contributed by atoms with van der Waals surface area (Å²) in [6.07, 6.45) is 1.18. The number of aromatic amines is 1. The molecule has 0 bridgehead atoms. The zero-order valence-electron chi connectivity index (χ0n) is 11.9. The molecule has 0 aliphatic heterocycles.